The lowest BCUT2D eigenvalue weighted by Crippen LogP contribution is -2.48. The summed E-state index contributed by atoms with van der Waals surface area (Å²) >= 11 is 0. The lowest BCUT2D eigenvalue weighted by atomic mass is 9.82. The smallest absolute Gasteiger partial charge is 0.279 e. The van der Waals surface area contributed by atoms with Crippen LogP contribution in [0.15, 0.2) is 102 Å². The van der Waals surface area contributed by atoms with Crippen molar-refractivity contribution in [1.82, 2.24) is 14.7 Å². The molecule has 4 aromatic carbocycles. The number of nitro benzene ring substituents is 1. The minimum Gasteiger partial charge on any atom is -0.394 e. The standard InChI is InChI=1S/C41H40FN5O7Si/c1-25-38(55(2,3)42)36(20-37(49)44-23-29-12-5-4-10-27(29)18-32(44)24-48)54-41(25)34-19-31(47(52)53)15-16-35(34)45(40(41)51)22-26-9-8-13-30(17-26)46-39(50)33-14-7-6-11-28(33)21-43-46/h4-17,19,21,25,32,36,38,48H,18,20,22-24H2,1-3H3/t25-,32+,36+,38-,41+/m1/s1. The zero-order chi connectivity index (χ0) is 38.8. The lowest BCUT2D eigenvalue weighted by Gasteiger charge is -2.37. The van der Waals surface area contributed by atoms with Gasteiger partial charge in [-0.25, -0.2) is 0 Å². The molecule has 1 fully saturated rings. The number of fused-ring (bicyclic) bond motifs is 4. The summed E-state index contributed by atoms with van der Waals surface area (Å²) in [6.45, 7) is 4.82. The van der Waals surface area contributed by atoms with E-state index in [4.69, 9.17) is 4.74 Å². The number of halogens is 1. The van der Waals surface area contributed by atoms with Gasteiger partial charge in [-0.15, -0.1) is 0 Å². The number of hydrogen-bond donors (Lipinski definition) is 1. The number of nitrogens with zero attached hydrogens (tertiary/aromatic N) is 5. The van der Waals surface area contributed by atoms with Gasteiger partial charge in [-0.1, -0.05) is 61.5 Å². The molecule has 2 amide bonds. The molecule has 0 unspecified atom stereocenters. The van der Waals surface area contributed by atoms with Gasteiger partial charge in [-0.2, -0.15) is 9.78 Å². The van der Waals surface area contributed by atoms with Gasteiger partial charge in [-0.3, -0.25) is 24.5 Å². The average molecular weight is 762 g/mol. The highest BCUT2D eigenvalue weighted by Gasteiger charge is 2.67. The first kappa shape index (κ1) is 36.4. The van der Waals surface area contributed by atoms with Gasteiger partial charge in [0.2, 0.25) is 14.3 Å². The predicted octanol–water partition coefficient (Wildman–Crippen LogP) is 5.95. The van der Waals surface area contributed by atoms with Gasteiger partial charge in [0.05, 0.1) is 59.6 Å². The third-order valence-corrected chi connectivity index (χ3v) is 14.1. The van der Waals surface area contributed by atoms with Crippen LogP contribution >= 0.6 is 0 Å². The molecule has 4 heterocycles. The van der Waals surface area contributed by atoms with Crippen molar-refractivity contribution in [3.05, 3.63) is 140 Å². The summed E-state index contributed by atoms with van der Waals surface area (Å²) in [5.74, 6) is -1.64. The molecular weight excluding hydrogens is 722 g/mol. The SMILES string of the molecule is C[C@@H]1[C@@H]([Si](C)(C)F)[C@H](CC(=O)N2Cc3ccccc3C[C@H]2CO)O[C@@]12C(=O)N(Cc1cccc(-n3ncc4ccccc4c3=O)c1)c1ccc([N+](=O)[O-])cc12. The van der Waals surface area contributed by atoms with E-state index in [1.165, 1.54) is 40.9 Å². The van der Waals surface area contributed by atoms with E-state index in [0.29, 0.717) is 34.1 Å². The van der Waals surface area contributed by atoms with Crippen molar-refractivity contribution in [2.45, 2.75) is 69.2 Å². The monoisotopic (exact) mass is 761 g/mol. The van der Waals surface area contributed by atoms with E-state index in [9.17, 15) is 24.8 Å². The Labute approximate surface area is 317 Å². The maximum atomic E-state index is 16.6. The Kier molecular flexibility index (Phi) is 9.02. The third kappa shape index (κ3) is 6.04. The van der Waals surface area contributed by atoms with Gasteiger partial charge in [0, 0.05) is 41.1 Å². The van der Waals surface area contributed by atoms with Crippen LogP contribution in [0.2, 0.25) is 18.6 Å². The highest BCUT2D eigenvalue weighted by molar-refractivity contribution is 6.72. The second-order valence-electron chi connectivity index (χ2n) is 15.3. The van der Waals surface area contributed by atoms with Crippen molar-refractivity contribution in [3.63, 3.8) is 0 Å². The predicted molar refractivity (Wildman–Crippen MR) is 206 cm³/mol. The molecule has 1 N–H and O–H groups in total. The van der Waals surface area contributed by atoms with Gasteiger partial charge in [0.1, 0.15) is 0 Å². The Balaban J connectivity index is 1.15. The normalized spacial score (nSPS) is 23.3. The van der Waals surface area contributed by atoms with Crippen molar-refractivity contribution in [2.24, 2.45) is 5.92 Å². The number of hydrogen-bond acceptors (Lipinski definition) is 8. The minimum atomic E-state index is -3.68. The van der Waals surface area contributed by atoms with E-state index in [2.05, 4.69) is 5.10 Å². The Morgan fingerprint density at radius 3 is 2.53 bits per heavy atom. The molecule has 282 valence electrons. The first-order chi connectivity index (χ1) is 26.3. The van der Waals surface area contributed by atoms with Crippen LogP contribution in [-0.4, -0.2) is 63.7 Å². The van der Waals surface area contributed by atoms with Crippen LogP contribution in [0.1, 0.15) is 35.6 Å². The first-order valence-corrected chi connectivity index (χ1v) is 21.3. The summed E-state index contributed by atoms with van der Waals surface area (Å²) in [4.78, 5) is 57.2. The molecule has 12 nitrogen and oxygen atoms in total. The second-order valence-corrected chi connectivity index (χ2v) is 19.1. The Bertz CT molecular complexity index is 2430. The molecule has 0 bridgehead atoms. The van der Waals surface area contributed by atoms with Gasteiger partial charge in [0.25, 0.3) is 17.2 Å². The van der Waals surface area contributed by atoms with E-state index in [-0.39, 0.29) is 48.8 Å². The largest absolute Gasteiger partial charge is 0.394 e. The third-order valence-electron chi connectivity index (χ3n) is 11.6. The maximum Gasteiger partial charge on any atom is 0.279 e. The molecule has 55 heavy (non-hydrogen) atoms. The van der Waals surface area contributed by atoms with E-state index in [1.54, 1.807) is 54.4 Å². The number of anilines is 1. The van der Waals surface area contributed by atoms with Crippen LogP contribution in [0.25, 0.3) is 16.5 Å². The lowest BCUT2D eigenvalue weighted by molar-refractivity contribution is -0.385. The van der Waals surface area contributed by atoms with Crippen molar-refractivity contribution in [2.75, 3.05) is 11.5 Å². The topological polar surface area (TPSA) is 148 Å². The van der Waals surface area contributed by atoms with Crippen LogP contribution in [0.3, 0.4) is 0 Å². The summed E-state index contributed by atoms with van der Waals surface area (Å²) in [5, 5.41) is 28.0. The number of aliphatic hydroxyl groups excluding tert-OH is 1. The fraction of sp³-hybridized carbons (Fsp3) is 0.317. The summed E-state index contributed by atoms with van der Waals surface area (Å²) in [5.41, 5.74) is 0.566. The van der Waals surface area contributed by atoms with E-state index >= 15 is 8.90 Å². The number of carbonyl (C=O) groups excluding carboxylic acids is 2. The van der Waals surface area contributed by atoms with Gasteiger partial charge in [0.15, 0.2) is 5.60 Å². The molecule has 8 rings (SSSR count). The maximum absolute atomic E-state index is 16.6. The average Bonchev–Trinajstić information content (AvgIpc) is 3.60. The van der Waals surface area contributed by atoms with E-state index in [1.807, 2.05) is 36.4 Å². The van der Waals surface area contributed by atoms with Gasteiger partial charge < -0.3 is 23.8 Å². The number of benzene rings is 4. The van der Waals surface area contributed by atoms with Gasteiger partial charge in [-0.05, 0) is 60.5 Å². The van der Waals surface area contributed by atoms with Crippen LogP contribution in [0.4, 0.5) is 15.5 Å². The molecule has 14 heteroatoms. The highest BCUT2D eigenvalue weighted by atomic mass is 28.4. The number of ether oxygens (including phenoxy) is 1. The summed E-state index contributed by atoms with van der Waals surface area (Å²) in [6, 6.07) is 25.6. The summed E-state index contributed by atoms with van der Waals surface area (Å²) < 4.78 is 24.6. The Hall–Kier alpha value is -5.57. The second kappa shape index (κ2) is 13.6. The number of non-ortho nitro benzene ring substituents is 1. The molecule has 1 spiro atoms. The number of nitro groups is 1. The highest BCUT2D eigenvalue weighted by Crippen LogP contribution is 2.60. The van der Waals surface area contributed by atoms with Crippen molar-refractivity contribution >= 4 is 42.4 Å². The molecular formula is C41H40FN5O7Si. The van der Waals surface area contributed by atoms with Crippen LogP contribution in [0.5, 0.6) is 0 Å². The number of rotatable bonds is 8. The molecule has 1 aromatic heterocycles. The zero-order valence-electron chi connectivity index (χ0n) is 30.6. The van der Waals surface area contributed by atoms with Crippen molar-refractivity contribution < 1.29 is 28.5 Å². The van der Waals surface area contributed by atoms with Gasteiger partial charge >= 0.3 is 0 Å². The van der Waals surface area contributed by atoms with Crippen LogP contribution in [-0.2, 0) is 39.4 Å². The fourth-order valence-corrected chi connectivity index (χ4v) is 11.6. The fourth-order valence-electron chi connectivity index (χ4n) is 9.08. The number of aromatic nitrogens is 2. The minimum absolute atomic E-state index is 0.00766. The van der Waals surface area contributed by atoms with Crippen LogP contribution in [0, 0.1) is 16.0 Å². The summed E-state index contributed by atoms with van der Waals surface area (Å²) in [6.07, 6.45) is 0.827. The Morgan fingerprint density at radius 1 is 1.04 bits per heavy atom. The zero-order valence-corrected chi connectivity index (χ0v) is 31.6. The summed E-state index contributed by atoms with van der Waals surface area (Å²) in [7, 11) is -3.68. The molecule has 3 aliphatic heterocycles. The van der Waals surface area contributed by atoms with Crippen molar-refractivity contribution in [3.8, 4) is 5.69 Å². The Morgan fingerprint density at radius 2 is 1.78 bits per heavy atom. The number of carbonyl (C=O) groups is 2. The number of aliphatic hydroxyl groups is 1. The molecule has 1 saturated heterocycles. The van der Waals surface area contributed by atoms with E-state index < -0.39 is 48.4 Å². The molecule has 3 aliphatic rings. The quantitative estimate of drug-likeness (QED) is 0.0883. The molecule has 0 aliphatic carbocycles. The molecule has 0 saturated carbocycles. The number of amides is 2. The first-order valence-electron chi connectivity index (χ1n) is 18.3. The van der Waals surface area contributed by atoms with Crippen molar-refractivity contribution in [1.29, 1.82) is 0 Å². The molecule has 5 atom stereocenters. The van der Waals surface area contributed by atoms with Crippen LogP contribution < -0.4 is 10.5 Å². The molecule has 0 radical (unpaired) electrons. The van der Waals surface area contributed by atoms with E-state index in [0.717, 1.165) is 11.1 Å². The molecule has 5 aromatic rings.